The van der Waals surface area contributed by atoms with Gasteiger partial charge in [-0.1, -0.05) is 0 Å². The number of aryl methyl sites for hydroxylation is 2. The number of hydrogen-bond donors (Lipinski definition) is 1. The van der Waals surface area contributed by atoms with Gasteiger partial charge in [-0.3, -0.25) is 14.8 Å². The summed E-state index contributed by atoms with van der Waals surface area (Å²) in [4.78, 5) is 14.8. The number of aromatic nitrogens is 4. The molecule has 0 radical (unpaired) electrons. The van der Waals surface area contributed by atoms with Gasteiger partial charge in [0.05, 0.1) is 17.9 Å². The third-order valence-electron chi connectivity index (χ3n) is 4.91. The van der Waals surface area contributed by atoms with Gasteiger partial charge < -0.3 is 0 Å². The van der Waals surface area contributed by atoms with Crippen LogP contribution in [-0.4, -0.2) is 43.2 Å². The van der Waals surface area contributed by atoms with Gasteiger partial charge in [0.1, 0.15) is 0 Å². The van der Waals surface area contributed by atoms with E-state index in [1.165, 1.54) is 6.42 Å². The molecular formula is C17H23N5OS. The molecule has 0 spiro atoms. The maximum atomic E-state index is 12.4. The molecule has 2 aromatic heterocycles. The topological polar surface area (TPSA) is 66.8 Å². The second-order valence-electron chi connectivity index (χ2n) is 6.75. The third-order valence-corrected chi connectivity index (χ3v) is 5.92. The number of thioether (sulfide) groups is 1. The summed E-state index contributed by atoms with van der Waals surface area (Å²) in [7, 11) is 0. The van der Waals surface area contributed by atoms with Gasteiger partial charge in [0.25, 0.3) is 5.56 Å². The van der Waals surface area contributed by atoms with Crippen molar-refractivity contribution in [2.45, 2.75) is 51.1 Å². The number of H-pyrrole nitrogens is 1. The Balaban J connectivity index is 1.50. The molecule has 2 aliphatic heterocycles. The molecule has 0 aromatic carbocycles. The molecule has 0 aliphatic carbocycles. The zero-order chi connectivity index (χ0) is 16.5. The van der Waals surface area contributed by atoms with Crippen LogP contribution in [0.15, 0.2) is 16.9 Å². The van der Waals surface area contributed by atoms with Crippen molar-refractivity contribution in [2.75, 3.05) is 12.3 Å². The molecule has 0 amide bonds. The minimum atomic E-state index is 0.0405. The van der Waals surface area contributed by atoms with Crippen molar-refractivity contribution in [3.63, 3.8) is 0 Å². The summed E-state index contributed by atoms with van der Waals surface area (Å²) in [5.41, 5.74) is 4.44. The average Bonchev–Trinajstić information content (AvgIpc) is 3.18. The van der Waals surface area contributed by atoms with E-state index >= 15 is 0 Å². The van der Waals surface area contributed by atoms with Crippen molar-refractivity contribution >= 4 is 11.8 Å². The molecule has 0 bridgehead atoms. The Morgan fingerprint density at radius 1 is 1.42 bits per heavy atom. The van der Waals surface area contributed by atoms with Crippen LogP contribution in [0.2, 0.25) is 0 Å². The molecule has 6 nitrogen and oxygen atoms in total. The lowest BCUT2D eigenvalue weighted by Gasteiger charge is -2.24. The van der Waals surface area contributed by atoms with E-state index < -0.39 is 0 Å². The van der Waals surface area contributed by atoms with Gasteiger partial charge in [0.15, 0.2) is 0 Å². The van der Waals surface area contributed by atoms with E-state index in [1.807, 2.05) is 18.7 Å². The van der Waals surface area contributed by atoms with E-state index in [1.54, 1.807) is 10.7 Å². The minimum Gasteiger partial charge on any atom is -0.293 e. The number of rotatable bonds is 4. The molecule has 24 heavy (non-hydrogen) atoms. The van der Waals surface area contributed by atoms with Gasteiger partial charge in [0.2, 0.25) is 0 Å². The van der Waals surface area contributed by atoms with Crippen molar-refractivity contribution in [1.29, 1.82) is 0 Å². The largest absolute Gasteiger partial charge is 0.293 e. The quantitative estimate of drug-likeness (QED) is 0.914. The molecule has 4 heterocycles. The smallest absolute Gasteiger partial charge is 0.267 e. The fraction of sp³-hybridized carbons (Fsp3) is 0.588. The van der Waals surface area contributed by atoms with Crippen LogP contribution in [0.25, 0.3) is 0 Å². The highest BCUT2D eigenvalue weighted by molar-refractivity contribution is 7.98. The van der Waals surface area contributed by atoms with E-state index in [9.17, 15) is 4.79 Å². The van der Waals surface area contributed by atoms with Gasteiger partial charge in [-0.2, -0.15) is 22.0 Å². The molecule has 2 aliphatic rings. The minimum absolute atomic E-state index is 0.0405. The Morgan fingerprint density at radius 2 is 2.33 bits per heavy atom. The van der Waals surface area contributed by atoms with Crippen molar-refractivity contribution in [3.05, 3.63) is 45.1 Å². The highest BCUT2D eigenvalue weighted by Gasteiger charge is 2.26. The van der Waals surface area contributed by atoms with Crippen LogP contribution in [0.3, 0.4) is 0 Å². The number of nitrogens with one attached hydrogen (secondary N) is 1. The van der Waals surface area contributed by atoms with Crippen LogP contribution in [0.1, 0.15) is 35.5 Å². The molecule has 7 heteroatoms. The molecule has 1 unspecified atom stereocenters. The summed E-state index contributed by atoms with van der Waals surface area (Å²) in [6.45, 7) is 4.60. The predicted octanol–water partition coefficient (Wildman–Crippen LogP) is 1.73. The Hall–Kier alpha value is -1.60. The summed E-state index contributed by atoms with van der Waals surface area (Å²) < 4.78 is 1.69. The van der Waals surface area contributed by atoms with Crippen LogP contribution >= 0.6 is 11.8 Å². The number of nitrogens with zero attached hydrogens (tertiary/aromatic N) is 4. The third kappa shape index (κ3) is 3.28. The molecule has 4 rings (SSSR count). The van der Waals surface area contributed by atoms with Crippen molar-refractivity contribution < 1.29 is 0 Å². The van der Waals surface area contributed by atoms with E-state index in [4.69, 9.17) is 0 Å². The van der Waals surface area contributed by atoms with Gasteiger partial charge in [-0.15, -0.1) is 0 Å². The Labute approximate surface area is 145 Å². The predicted molar refractivity (Wildman–Crippen MR) is 95.1 cm³/mol. The van der Waals surface area contributed by atoms with Crippen LogP contribution in [-0.2, 0) is 25.3 Å². The molecule has 1 fully saturated rings. The van der Waals surface area contributed by atoms with E-state index in [0.29, 0.717) is 12.6 Å². The second-order valence-corrected chi connectivity index (χ2v) is 7.85. The molecule has 1 saturated heterocycles. The summed E-state index contributed by atoms with van der Waals surface area (Å²) in [5.74, 6) is 2.03. The van der Waals surface area contributed by atoms with Crippen LogP contribution in [0.4, 0.5) is 0 Å². The Morgan fingerprint density at radius 3 is 3.17 bits per heavy atom. The standard InChI is InChI=1S/C17H23N5OS/c1-12-7-14(19-18-12)9-21-5-2-3-15(21)10-22-17(23)8-13-11-24-6-4-16(13)20-22/h7-8,15H,2-6,9-11H2,1H3,(H,18,19). The first kappa shape index (κ1) is 15.9. The average molecular weight is 345 g/mol. The zero-order valence-electron chi connectivity index (χ0n) is 14.0. The van der Waals surface area contributed by atoms with Gasteiger partial charge in [-0.05, 0) is 43.7 Å². The second kappa shape index (κ2) is 6.72. The zero-order valence-corrected chi connectivity index (χ0v) is 14.8. The fourth-order valence-corrected chi connectivity index (χ4v) is 4.61. The van der Waals surface area contributed by atoms with Gasteiger partial charge in [-0.25, -0.2) is 4.68 Å². The summed E-state index contributed by atoms with van der Waals surface area (Å²) in [5, 5.41) is 12.0. The van der Waals surface area contributed by atoms with E-state index in [0.717, 1.165) is 60.1 Å². The maximum absolute atomic E-state index is 12.4. The van der Waals surface area contributed by atoms with Crippen molar-refractivity contribution in [3.8, 4) is 0 Å². The lowest BCUT2D eigenvalue weighted by molar-refractivity contribution is 0.214. The van der Waals surface area contributed by atoms with Gasteiger partial charge in [0, 0.05) is 36.5 Å². The molecule has 1 atom stereocenters. The van der Waals surface area contributed by atoms with E-state index in [2.05, 4.69) is 26.3 Å². The first-order valence-corrected chi connectivity index (χ1v) is 9.77. The SMILES string of the molecule is Cc1cc(CN2CCCC2Cn2nc3c(cc2=O)CSCC3)n[nH]1. The molecular weight excluding hydrogens is 322 g/mol. The molecule has 1 N–H and O–H groups in total. The monoisotopic (exact) mass is 345 g/mol. The van der Waals surface area contributed by atoms with E-state index in [-0.39, 0.29) is 5.56 Å². The summed E-state index contributed by atoms with van der Waals surface area (Å²) >= 11 is 1.88. The number of fused-ring (bicyclic) bond motifs is 1. The number of likely N-dealkylation sites (tertiary alicyclic amines) is 1. The first-order valence-electron chi connectivity index (χ1n) is 8.61. The first-order chi connectivity index (χ1) is 11.7. The Kier molecular flexibility index (Phi) is 4.45. The molecule has 128 valence electrons. The van der Waals surface area contributed by atoms with Gasteiger partial charge >= 0.3 is 0 Å². The summed E-state index contributed by atoms with van der Waals surface area (Å²) in [6, 6.07) is 4.25. The maximum Gasteiger partial charge on any atom is 0.267 e. The van der Waals surface area contributed by atoms with Crippen LogP contribution in [0, 0.1) is 6.92 Å². The normalized spacial score (nSPS) is 21.1. The van der Waals surface area contributed by atoms with Crippen LogP contribution in [0.5, 0.6) is 0 Å². The lowest BCUT2D eigenvalue weighted by Crippen LogP contribution is -2.37. The lowest BCUT2D eigenvalue weighted by atomic mass is 10.2. The molecule has 2 aromatic rings. The molecule has 0 saturated carbocycles. The fourth-order valence-electron chi connectivity index (χ4n) is 3.66. The van der Waals surface area contributed by atoms with Crippen molar-refractivity contribution in [2.24, 2.45) is 0 Å². The highest BCUT2D eigenvalue weighted by Crippen LogP contribution is 2.23. The van der Waals surface area contributed by atoms with Crippen LogP contribution < -0.4 is 5.56 Å². The number of hydrogen-bond acceptors (Lipinski definition) is 5. The Bertz CT molecular complexity index is 784. The summed E-state index contributed by atoms with van der Waals surface area (Å²) in [6.07, 6.45) is 3.26. The van der Waals surface area contributed by atoms with Crippen molar-refractivity contribution in [1.82, 2.24) is 24.9 Å². The number of aromatic amines is 1. The highest BCUT2D eigenvalue weighted by atomic mass is 32.2.